The summed E-state index contributed by atoms with van der Waals surface area (Å²) in [6, 6.07) is 5.13. The lowest BCUT2D eigenvalue weighted by molar-refractivity contribution is -0.147. The van der Waals surface area contributed by atoms with Crippen molar-refractivity contribution in [3.8, 4) is 0 Å². The lowest BCUT2D eigenvalue weighted by Gasteiger charge is -2.16. The molecule has 2 heterocycles. The Morgan fingerprint density at radius 1 is 1.29 bits per heavy atom. The number of rotatable bonds is 6. The maximum absolute atomic E-state index is 12.6. The molecule has 1 aliphatic heterocycles. The zero-order chi connectivity index (χ0) is 20.4. The first-order valence-electron chi connectivity index (χ1n) is 8.99. The monoisotopic (exact) mass is 386 g/mol. The van der Waals surface area contributed by atoms with Crippen molar-refractivity contribution in [1.29, 1.82) is 0 Å². The van der Waals surface area contributed by atoms with Gasteiger partial charge in [0.15, 0.2) is 6.10 Å². The highest BCUT2D eigenvalue weighted by Crippen LogP contribution is 2.29. The molecule has 1 amide bonds. The quantitative estimate of drug-likeness (QED) is 0.583. The van der Waals surface area contributed by atoms with Crippen molar-refractivity contribution < 1.29 is 24.2 Å². The molecule has 0 unspecified atom stereocenters. The van der Waals surface area contributed by atoms with Gasteiger partial charge in [-0.3, -0.25) is 14.4 Å². The van der Waals surface area contributed by atoms with Crippen molar-refractivity contribution in [2.75, 3.05) is 11.4 Å². The van der Waals surface area contributed by atoms with E-state index < -0.39 is 18.2 Å². The molecule has 1 N–H and O–H groups in total. The van der Waals surface area contributed by atoms with E-state index in [1.54, 1.807) is 30.0 Å². The highest BCUT2D eigenvalue weighted by Gasteiger charge is 2.25. The number of carbonyl (C=O) groups is 3. The number of hydrogen-bond donors (Lipinski definition) is 1. The average molecular weight is 386 g/mol. The third kappa shape index (κ3) is 4.09. The van der Waals surface area contributed by atoms with E-state index in [4.69, 9.17) is 4.74 Å². The number of amides is 1. The van der Waals surface area contributed by atoms with Crippen LogP contribution in [0.5, 0.6) is 0 Å². The van der Waals surface area contributed by atoms with Crippen LogP contribution in [0.2, 0.25) is 0 Å². The van der Waals surface area contributed by atoms with Crippen LogP contribution in [0.25, 0.3) is 0 Å². The smallest absolute Gasteiger partial charge is 0.328 e. The molecule has 1 aliphatic rings. The largest absolute Gasteiger partial charge is 0.453 e. The van der Waals surface area contributed by atoms with Crippen molar-refractivity contribution in [2.45, 2.75) is 45.9 Å². The number of esters is 1. The molecule has 3 rings (SSSR count). The molecule has 0 spiro atoms. The molecule has 0 aliphatic carbocycles. The van der Waals surface area contributed by atoms with Gasteiger partial charge < -0.3 is 14.7 Å². The van der Waals surface area contributed by atoms with Gasteiger partial charge in [0, 0.05) is 24.7 Å². The van der Waals surface area contributed by atoms with Gasteiger partial charge >= 0.3 is 5.97 Å². The second kappa shape index (κ2) is 7.89. The second-order valence-corrected chi connectivity index (χ2v) is 6.78. The van der Waals surface area contributed by atoms with E-state index in [0.717, 1.165) is 11.3 Å². The van der Waals surface area contributed by atoms with Crippen LogP contribution in [0.3, 0.4) is 0 Å². The molecule has 28 heavy (non-hydrogen) atoms. The number of fused-ring (bicyclic) bond motifs is 1. The van der Waals surface area contributed by atoms with Crippen molar-refractivity contribution in [1.82, 2.24) is 15.0 Å². The number of anilines is 1. The summed E-state index contributed by atoms with van der Waals surface area (Å²) in [4.78, 5) is 38.0. The average Bonchev–Trinajstić information content (AvgIpc) is 3.27. The molecule has 2 aromatic rings. The summed E-state index contributed by atoms with van der Waals surface area (Å²) in [6.45, 7) is 4.95. The van der Waals surface area contributed by atoms with E-state index in [9.17, 15) is 19.5 Å². The molecule has 9 heteroatoms. The van der Waals surface area contributed by atoms with Crippen molar-refractivity contribution in [3.63, 3.8) is 0 Å². The first-order valence-corrected chi connectivity index (χ1v) is 8.99. The van der Waals surface area contributed by atoms with E-state index in [2.05, 4.69) is 10.3 Å². The minimum Gasteiger partial charge on any atom is -0.453 e. The summed E-state index contributed by atoms with van der Waals surface area (Å²) in [6.07, 6.45) is 0.376. The standard InChI is InChI=1S/C19H22N4O5/c1-11(24)16-9-22(21-20-16)10-18(26)28-12(2)19(27)15-4-5-17-14(8-15)6-7-23(17)13(3)25/h4-5,8-9,11-12,24H,6-7,10H2,1-3H3/t11-,12+/m1/s1. The van der Waals surface area contributed by atoms with Gasteiger partial charge in [0.05, 0.1) is 12.3 Å². The van der Waals surface area contributed by atoms with E-state index in [-0.39, 0.29) is 18.2 Å². The number of aliphatic hydroxyl groups is 1. The topological polar surface area (TPSA) is 115 Å². The Kier molecular flexibility index (Phi) is 5.55. The van der Waals surface area contributed by atoms with Crippen LogP contribution in [0.15, 0.2) is 24.4 Å². The summed E-state index contributed by atoms with van der Waals surface area (Å²) in [7, 11) is 0. The normalized spacial score (nSPS) is 15.1. The van der Waals surface area contributed by atoms with Crippen LogP contribution in [-0.4, -0.2) is 50.4 Å². The number of nitrogens with zero attached hydrogens (tertiary/aromatic N) is 4. The van der Waals surface area contributed by atoms with Gasteiger partial charge in [-0.2, -0.15) is 0 Å². The van der Waals surface area contributed by atoms with Crippen LogP contribution >= 0.6 is 0 Å². The Morgan fingerprint density at radius 2 is 2.04 bits per heavy atom. The number of carbonyl (C=O) groups excluding carboxylic acids is 3. The number of aliphatic hydroxyl groups excluding tert-OH is 1. The molecule has 2 atom stereocenters. The number of hydrogen-bond acceptors (Lipinski definition) is 7. The first-order chi connectivity index (χ1) is 13.3. The highest BCUT2D eigenvalue weighted by molar-refractivity contribution is 6.01. The predicted molar refractivity (Wildman–Crippen MR) is 98.7 cm³/mol. The van der Waals surface area contributed by atoms with Crippen molar-refractivity contribution in [2.24, 2.45) is 0 Å². The number of ketones is 1. The first kappa shape index (κ1) is 19.7. The summed E-state index contributed by atoms with van der Waals surface area (Å²) >= 11 is 0. The minimum absolute atomic E-state index is 0.0352. The van der Waals surface area contributed by atoms with Gasteiger partial charge in [0.2, 0.25) is 11.7 Å². The molecule has 0 saturated heterocycles. The second-order valence-electron chi connectivity index (χ2n) is 6.78. The Morgan fingerprint density at radius 3 is 2.68 bits per heavy atom. The predicted octanol–water partition coefficient (Wildman–Crippen LogP) is 1.05. The number of Topliss-reactive ketones (excluding diaryl/α,β-unsaturated/α-hetero) is 1. The summed E-state index contributed by atoms with van der Waals surface area (Å²) in [5, 5.41) is 16.9. The van der Waals surface area contributed by atoms with Crippen molar-refractivity contribution >= 4 is 23.3 Å². The van der Waals surface area contributed by atoms with Gasteiger partial charge in [-0.15, -0.1) is 5.10 Å². The molecule has 9 nitrogen and oxygen atoms in total. The van der Waals surface area contributed by atoms with Gasteiger partial charge in [-0.05, 0) is 44.0 Å². The van der Waals surface area contributed by atoms with Crippen LogP contribution in [0, 0.1) is 0 Å². The fraction of sp³-hybridized carbons (Fsp3) is 0.421. The molecule has 1 aromatic heterocycles. The Labute approximate surface area is 161 Å². The molecular formula is C19H22N4O5. The van der Waals surface area contributed by atoms with E-state index in [0.29, 0.717) is 24.2 Å². The van der Waals surface area contributed by atoms with E-state index in [1.165, 1.54) is 24.7 Å². The number of benzene rings is 1. The summed E-state index contributed by atoms with van der Waals surface area (Å²) < 4.78 is 6.46. The van der Waals surface area contributed by atoms with E-state index >= 15 is 0 Å². The third-order valence-corrected chi connectivity index (χ3v) is 4.59. The lowest BCUT2D eigenvalue weighted by atomic mass is 10.0. The van der Waals surface area contributed by atoms with Gasteiger partial charge in [0.1, 0.15) is 12.2 Å². The molecule has 0 saturated carbocycles. The molecular weight excluding hydrogens is 364 g/mol. The SMILES string of the molecule is CC(=O)N1CCc2cc(C(=O)[C@H](C)OC(=O)Cn3cc([C@@H](C)O)nn3)ccc21. The van der Waals surface area contributed by atoms with Gasteiger partial charge in [-0.25, -0.2) is 4.68 Å². The van der Waals surface area contributed by atoms with Gasteiger partial charge in [-0.1, -0.05) is 5.21 Å². The number of aromatic nitrogens is 3. The molecule has 0 radical (unpaired) electrons. The van der Waals surface area contributed by atoms with Crippen LogP contribution in [0.1, 0.15) is 48.5 Å². The number of ether oxygens (including phenoxy) is 1. The molecule has 0 fully saturated rings. The molecule has 0 bridgehead atoms. The molecule has 148 valence electrons. The Balaban J connectivity index is 1.62. The highest BCUT2D eigenvalue weighted by atomic mass is 16.5. The third-order valence-electron chi connectivity index (χ3n) is 4.59. The maximum Gasteiger partial charge on any atom is 0.328 e. The minimum atomic E-state index is -0.962. The van der Waals surface area contributed by atoms with Crippen LogP contribution in [-0.2, 0) is 27.3 Å². The Bertz CT molecular complexity index is 921. The van der Waals surface area contributed by atoms with E-state index in [1.807, 2.05) is 0 Å². The fourth-order valence-corrected chi connectivity index (χ4v) is 3.12. The van der Waals surface area contributed by atoms with Crippen LogP contribution < -0.4 is 4.90 Å². The fourth-order valence-electron chi connectivity index (χ4n) is 3.12. The Hall–Kier alpha value is -3.07. The molecule has 1 aromatic carbocycles. The lowest BCUT2D eigenvalue weighted by Crippen LogP contribution is -2.27. The van der Waals surface area contributed by atoms with Crippen molar-refractivity contribution in [3.05, 3.63) is 41.2 Å². The van der Waals surface area contributed by atoms with Gasteiger partial charge in [0.25, 0.3) is 0 Å². The summed E-state index contributed by atoms with van der Waals surface area (Å²) in [5.74, 6) is -0.987. The zero-order valence-electron chi connectivity index (χ0n) is 16.0. The summed E-state index contributed by atoms with van der Waals surface area (Å²) in [5.41, 5.74) is 2.51. The zero-order valence-corrected chi connectivity index (χ0v) is 16.0. The van der Waals surface area contributed by atoms with Crippen LogP contribution in [0.4, 0.5) is 5.69 Å². The maximum atomic E-state index is 12.6.